The Kier molecular flexibility index (Phi) is 7.82. The molecule has 1 unspecified atom stereocenters. The zero-order valence-corrected chi connectivity index (χ0v) is 14.7. The SMILES string of the molecule is CC(CNCc1ccc(CSC(F)F)o1)CN1CCN(C)CC1. The largest absolute Gasteiger partial charge is 0.464 e. The van der Waals surface area contributed by atoms with Crippen LogP contribution in [-0.4, -0.2) is 61.9 Å². The number of halogens is 2. The Hall–Kier alpha value is -0.630. The number of piperazine rings is 1. The molecule has 2 rings (SSSR count). The lowest BCUT2D eigenvalue weighted by atomic mass is 10.1. The average Bonchev–Trinajstić information content (AvgIpc) is 2.95. The molecule has 0 aliphatic carbocycles. The number of hydrogen-bond donors (Lipinski definition) is 1. The molecule has 2 heterocycles. The third-order valence-corrected chi connectivity index (χ3v) is 4.73. The normalized spacial score (nSPS) is 18.7. The van der Waals surface area contributed by atoms with E-state index in [1.54, 1.807) is 6.07 Å². The fraction of sp³-hybridized carbons (Fsp3) is 0.750. The fourth-order valence-corrected chi connectivity index (χ4v) is 3.16. The van der Waals surface area contributed by atoms with E-state index in [0.717, 1.165) is 45.0 Å². The predicted molar refractivity (Wildman–Crippen MR) is 90.8 cm³/mol. The Bertz CT molecular complexity index is 450. The molecule has 1 aliphatic heterocycles. The van der Waals surface area contributed by atoms with Crippen LogP contribution in [0.1, 0.15) is 18.4 Å². The molecule has 0 spiro atoms. The smallest absolute Gasteiger partial charge is 0.284 e. The molecule has 1 N–H and O–H groups in total. The molecule has 1 atom stereocenters. The Balaban J connectivity index is 1.60. The lowest BCUT2D eigenvalue weighted by Crippen LogP contribution is -2.46. The quantitative estimate of drug-likeness (QED) is 0.742. The Morgan fingerprint density at radius 3 is 2.61 bits per heavy atom. The summed E-state index contributed by atoms with van der Waals surface area (Å²) >= 11 is 0.590. The Morgan fingerprint density at radius 1 is 1.22 bits per heavy atom. The number of hydrogen-bond acceptors (Lipinski definition) is 5. The highest BCUT2D eigenvalue weighted by Crippen LogP contribution is 2.21. The highest BCUT2D eigenvalue weighted by atomic mass is 32.2. The van der Waals surface area contributed by atoms with Gasteiger partial charge in [0.25, 0.3) is 5.76 Å². The van der Waals surface area contributed by atoms with Crippen LogP contribution in [0.15, 0.2) is 16.5 Å². The molecule has 7 heteroatoms. The standard InChI is InChI=1S/C16H27F2N3OS/c1-13(11-21-7-5-20(2)6-8-21)9-19-10-14-3-4-15(22-14)12-23-16(17)18/h3-4,13,16,19H,5-12H2,1-2H3. The summed E-state index contributed by atoms with van der Waals surface area (Å²) < 4.78 is 29.8. The van der Waals surface area contributed by atoms with E-state index >= 15 is 0 Å². The number of nitrogens with zero attached hydrogens (tertiary/aromatic N) is 2. The van der Waals surface area contributed by atoms with Crippen molar-refractivity contribution in [3.63, 3.8) is 0 Å². The second-order valence-corrected chi connectivity index (χ2v) is 7.26. The second-order valence-electron chi connectivity index (χ2n) is 6.28. The number of nitrogens with one attached hydrogen (secondary N) is 1. The summed E-state index contributed by atoms with van der Waals surface area (Å²) in [5.74, 6) is -0.143. The molecule has 0 bridgehead atoms. The van der Waals surface area contributed by atoms with Gasteiger partial charge < -0.3 is 19.5 Å². The van der Waals surface area contributed by atoms with Crippen molar-refractivity contribution in [3.8, 4) is 0 Å². The summed E-state index contributed by atoms with van der Waals surface area (Å²) in [6, 6.07) is 3.64. The summed E-state index contributed by atoms with van der Waals surface area (Å²) in [6.07, 6.45) is 0. The van der Waals surface area contributed by atoms with Crippen molar-refractivity contribution >= 4 is 11.8 Å². The first-order valence-electron chi connectivity index (χ1n) is 8.12. The highest BCUT2D eigenvalue weighted by molar-refractivity contribution is 7.98. The molecule has 0 saturated carbocycles. The molecule has 1 aromatic heterocycles. The summed E-state index contributed by atoms with van der Waals surface area (Å²) in [6.45, 7) is 9.50. The number of furan rings is 1. The minimum absolute atomic E-state index is 0.220. The van der Waals surface area contributed by atoms with Gasteiger partial charge in [0, 0.05) is 32.7 Å². The maximum atomic E-state index is 12.1. The van der Waals surface area contributed by atoms with Gasteiger partial charge in [-0.2, -0.15) is 8.78 Å². The number of likely N-dealkylation sites (N-methyl/N-ethyl adjacent to an activating group) is 1. The van der Waals surface area contributed by atoms with Gasteiger partial charge in [-0.3, -0.25) is 0 Å². The fourth-order valence-electron chi connectivity index (χ4n) is 2.72. The number of alkyl halides is 2. The minimum Gasteiger partial charge on any atom is -0.464 e. The van der Waals surface area contributed by atoms with Gasteiger partial charge in [-0.1, -0.05) is 18.7 Å². The van der Waals surface area contributed by atoms with Crippen LogP contribution >= 0.6 is 11.8 Å². The van der Waals surface area contributed by atoms with Gasteiger partial charge >= 0.3 is 0 Å². The van der Waals surface area contributed by atoms with E-state index in [1.807, 2.05) is 6.07 Å². The van der Waals surface area contributed by atoms with Crippen LogP contribution in [0.4, 0.5) is 8.78 Å². The van der Waals surface area contributed by atoms with Crippen molar-refractivity contribution < 1.29 is 13.2 Å². The van der Waals surface area contributed by atoms with Crippen molar-refractivity contribution in [1.82, 2.24) is 15.1 Å². The molecule has 0 amide bonds. The lowest BCUT2D eigenvalue weighted by Gasteiger charge is -2.33. The topological polar surface area (TPSA) is 31.7 Å². The number of rotatable bonds is 9. The average molecular weight is 347 g/mol. The monoisotopic (exact) mass is 347 g/mol. The maximum absolute atomic E-state index is 12.1. The predicted octanol–water partition coefficient (Wildman–Crippen LogP) is 2.71. The Labute approximate surface area is 141 Å². The first kappa shape index (κ1) is 18.7. The first-order valence-corrected chi connectivity index (χ1v) is 9.16. The van der Waals surface area contributed by atoms with Gasteiger partial charge in [-0.05, 0) is 31.6 Å². The molecular formula is C16H27F2N3OS. The third-order valence-electron chi connectivity index (χ3n) is 4.03. The van der Waals surface area contributed by atoms with Gasteiger partial charge in [0.1, 0.15) is 11.5 Å². The third kappa shape index (κ3) is 7.20. The maximum Gasteiger partial charge on any atom is 0.284 e. The van der Waals surface area contributed by atoms with Crippen molar-refractivity contribution in [2.45, 2.75) is 25.0 Å². The zero-order valence-electron chi connectivity index (χ0n) is 13.9. The van der Waals surface area contributed by atoms with E-state index < -0.39 is 5.76 Å². The summed E-state index contributed by atoms with van der Waals surface area (Å²) in [5, 5.41) is 3.39. The molecule has 23 heavy (non-hydrogen) atoms. The van der Waals surface area contributed by atoms with E-state index in [2.05, 4.69) is 29.1 Å². The first-order chi connectivity index (χ1) is 11.0. The Morgan fingerprint density at radius 2 is 1.91 bits per heavy atom. The van der Waals surface area contributed by atoms with E-state index in [1.165, 1.54) is 0 Å². The van der Waals surface area contributed by atoms with Crippen LogP contribution in [0.2, 0.25) is 0 Å². The van der Waals surface area contributed by atoms with Crippen LogP contribution in [0, 0.1) is 5.92 Å². The number of thioether (sulfide) groups is 1. The van der Waals surface area contributed by atoms with Crippen LogP contribution in [0.25, 0.3) is 0 Å². The van der Waals surface area contributed by atoms with Gasteiger partial charge in [-0.25, -0.2) is 0 Å². The lowest BCUT2D eigenvalue weighted by molar-refractivity contribution is 0.138. The van der Waals surface area contributed by atoms with Gasteiger partial charge in [0.05, 0.1) is 12.3 Å². The molecular weight excluding hydrogens is 320 g/mol. The molecule has 1 aromatic rings. The summed E-state index contributed by atoms with van der Waals surface area (Å²) in [7, 11) is 2.17. The summed E-state index contributed by atoms with van der Waals surface area (Å²) in [4.78, 5) is 4.87. The molecule has 132 valence electrons. The van der Waals surface area contributed by atoms with Crippen molar-refractivity contribution in [3.05, 3.63) is 23.7 Å². The van der Waals surface area contributed by atoms with Gasteiger partial charge in [-0.15, -0.1) is 0 Å². The van der Waals surface area contributed by atoms with Crippen LogP contribution in [-0.2, 0) is 12.3 Å². The van der Waals surface area contributed by atoms with Crippen molar-refractivity contribution in [2.75, 3.05) is 46.3 Å². The van der Waals surface area contributed by atoms with Gasteiger partial charge in [0.2, 0.25) is 0 Å². The van der Waals surface area contributed by atoms with Crippen LogP contribution in [0.5, 0.6) is 0 Å². The van der Waals surface area contributed by atoms with Crippen molar-refractivity contribution in [2.24, 2.45) is 5.92 Å². The molecule has 0 radical (unpaired) electrons. The highest BCUT2D eigenvalue weighted by Gasteiger charge is 2.16. The zero-order chi connectivity index (χ0) is 16.7. The molecule has 1 fully saturated rings. The molecule has 4 nitrogen and oxygen atoms in total. The molecule has 1 aliphatic rings. The van der Waals surface area contributed by atoms with Gasteiger partial charge in [0.15, 0.2) is 0 Å². The van der Waals surface area contributed by atoms with Crippen LogP contribution < -0.4 is 5.32 Å². The van der Waals surface area contributed by atoms with Crippen LogP contribution in [0.3, 0.4) is 0 Å². The summed E-state index contributed by atoms with van der Waals surface area (Å²) in [5.41, 5.74) is 0. The van der Waals surface area contributed by atoms with E-state index in [9.17, 15) is 8.78 Å². The second kappa shape index (κ2) is 9.61. The minimum atomic E-state index is -2.35. The van der Waals surface area contributed by atoms with E-state index in [0.29, 0.717) is 30.0 Å². The molecule has 1 saturated heterocycles. The van der Waals surface area contributed by atoms with E-state index in [-0.39, 0.29) is 5.75 Å². The molecule has 0 aromatic carbocycles. The van der Waals surface area contributed by atoms with Crippen molar-refractivity contribution in [1.29, 1.82) is 0 Å². The van der Waals surface area contributed by atoms with E-state index in [4.69, 9.17) is 4.42 Å².